The first-order valence-corrected chi connectivity index (χ1v) is 6.64. The summed E-state index contributed by atoms with van der Waals surface area (Å²) < 4.78 is 0. The molecule has 0 aliphatic rings. The Kier molecular flexibility index (Phi) is 6.29. The van der Waals surface area contributed by atoms with E-state index in [2.05, 4.69) is 10.6 Å². The van der Waals surface area contributed by atoms with Crippen LogP contribution in [0.4, 0.5) is 5.69 Å². The molecule has 1 atom stereocenters. The Morgan fingerprint density at radius 2 is 2.15 bits per heavy atom. The van der Waals surface area contributed by atoms with Crippen molar-refractivity contribution in [2.24, 2.45) is 0 Å². The summed E-state index contributed by atoms with van der Waals surface area (Å²) in [6.45, 7) is 4.23. The number of amides is 2. The average molecular weight is 275 g/mol. The van der Waals surface area contributed by atoms with E-state index < -0.39 is 6.04 Å². The highest BCUT2D eigenvalue weighted by molar-refractivity contribution is 5.95. The number of carbonyl (C=O) groups excluding carboxylic acids is 2. The highest BCUT2D eigenvalue weighted by Crippen LogP contribution is 2.07. The zero-order valence-electron chi connectivity index (χ0n) is 11.8. The second-order valence-electron chi connectivity index (χ2n) is 4.52. The Morgan fingerprint density at radius 1 is 1.40 bits per heavy atom. The van der Waals surface area contributed by atoms with Crippen LogP contribution in [0.1, 0.15) is 25.8 Å². The number of nitrogen functional groups attached to an aromatic ring is 1. The van der Waals surface area contributed by atoms with Crippen LogP contribution in [0.2, 0.25) is 0 Å². The number of carbonyl (C=O) groups is 2. The van der Waals surface area contributed by atoms with E-state index in [1.54, 1.807) is 25.1 Å². The topological polar surface area (TPSA) is 84.2 Å². The predicted molar refractivity (Wildman–Crippen MR) is 80.8 cm³/mol. The molecule has 0 fully saturated rings. The number of anilines is 1. The van der Waals surface area contributed by atoms with Gasteiger partial charge in [0, 0.05) is 18.3 Å². The molecule has 0 saturated heterocycles. The lowest BCUT2D eigenvalue weighted by molar-refractivity contribution is -0.126. The van der Waals surface area contributed by atoms with Crippen molar-refractivity contribution in [3.05, 3.63) is 35.9 Å². The molecule has 0 aliphatic carbocycles. The van der Waals surface area contributed by atoms with Gasteiger partial charge in [0.1, 0.15) is 6.04 Å². The van der Waals surface area contributed by atoms with Gasteiger partial charge < -0.3 is 16.4 Å². The van der Waals surface area contributed by atoms with Crippen molar-refractivity contribution in [1.29, 1.82) is 0 Å². The van der Waals surface area contributed by atoms with Crippen molar-refractivity contribution in [2.45, 2.75) is 26.3 Å². The van der Waals surface area contributed by atoms with Gasteiger partial charge in [0.15, 0.2) is 0 Å². The van der Waals surface area contributed by atoms with Crippen LogP contribution in [0, 0.1) is 0 Å². The van der Waals surface area contributed by atoms with E-state index in [0.29, 0.717) is 12.2 Å². The van der Waals surface area contributed by atoms with Crippen molar-refractivity contribution in [3.8, 4) is 0 Å². The highest BCUT2D eigenvalue weighted by Gasteiger charge is 2.12. The quantitative estimate of drug-likeness (QED) is 0.540. The number of nitrogens with two attached hydrogens (primary N) is 1. The summed E-state index contributed by atoms with van der Waals surface area (Å²) in [5, 5.41) is 5.33. The summed E-state index contributed by atoms with van der Waals surface area (Å²) in [6.07, 6.45) is 3.91. The van der Waals surface area contributed by atoms with E-state index in [0.717, 1.165) is 12.0 Å². The minimum absolute atomic E-state index is 0.183. The molecular weight excluding hydrogens is 254 g/mol. The molecular formula is C15H21N3O2. The first-order chi connectivity index (χ1) is 9.52. The van der Waals surface area contributed by atoms with E-state index in [1.807, 2.05) is 19.1 Å². The normalized spacial score (nSPS) is 12.1. The van der Waals surface area contributed by atoms with Crippen molar-refractivity contribution in [3.63, 3.8) is 0 Å². The fourth-order valence-corrected chi connectivity index (χ4v) is 1.56. The van der Waals surface area contributed by atoms with Crippen LogP contribution in [0.3, 0.4) is 0 Å². The minimum atomic E-state index is -0.556. The molecule has 1 rings (SSSR count). The molecule has 5 heteroatoms. The third-order valence-electron chi connectivity index (χ3n) is 2.64. The monoisotopic (exact) mass is 275 g/mol. The average Bonchev–Trinajstić information content (AvgIpc) is 2.42. The second-order valence-corrected chi connectivity index (χ2v) is 4.52. The van der Waals surface area contributed by atoms with Crippen molar-refractivity contribution < 1.29 is 9.59 Å². The van der Waals surface area contributed by atoms with Crippen LogP contribution in [0.5, 0.6) is 0 Å². The zero-order valence-corrected chi connectivity index (χ0v) is 11.8. The SMILES string of the molecule is CCCNC(=O)C(C)NC(=O)/C=C/c1cccc(N)c1. The summed E-state index contributed by atoms with van der Waals surface area (Å²) in [5.41, 5.74) is 7.12. The Morgan fingerprint density at radius 3 is 2.80 bits per heavy atom. The molecule has 2 amide bonds. The molecule has 0 radical (unpaired) electrons. The van der Waals surface area contributed by atoms with Gasteiger partial charge in [-0.05, 0) is 37.1 Å². The molecule has 20 heavy (non-hydrogen) atoms. The van der Waals surface area contributed by atoms with E-state index in [9.17, 15) is 9.59 Å². The molecule has 0 aromatic heterocycles. The first-order valence-electron chi connectivity index (χ1n) is 6.64. The van der Waals surface area contributed by atoms with Gasteiger partial charge in [-0.1, -0.05) is 19.1 Å². The molecule has 5 nitrogen and oxygen atoms in total. The van der Waals surface area contributed by atoms with Crippen LogP contribution in [0.15, 0.2) is 30.3 Å². The van der Waals surface area contributed by atoms with Crippen LogP contribution < -0.4 is 16.4 Å². The smallest absolute Gasteiger partial charge is 0.244 e. The lowest BCUT2D eigenvalue weighted by Crippen LogP contribution is -2.44. The number of hydrogen-bond acceptors (Lipinski definition) is 3. The fourth-order valence-electron chi connectivity index (χ4n) is 1.56. The second kappa shape index (κ2) is 7.99. The fraction of sp³-hybridized carbons (Fsp3) is 0.333. The molecule has 108 valence electrons. The lowest BCUT2D eigenvalue weighted by atomic mass is 10.2. The number of rotatable bonds is 6. The Balaban J connectivity index is 2.49. The molecule has 0 heterocycles. The van der Waals surface area contributed by atoms with Gasteiger partial charge in [-0.2, -0.15) is 0 Å². The number of nitrogens with one attached hydrogen (secondary N) is 2. The third-order valence-corrected chi connectivity index (χ3v) is 2.64. The molecule has 1 aromatic rings. The van der Waals surface area contributed by atoms with E-state index >= 15 is 0 Å². The standard InChI is InChI=1S/C15H21N3O2/c1-3-9-17-15(20)11(2)18-14(19)8-7-12-5-4-6-13(16)10-12/h4-8,10-11H,3,9,16H2,1-2H3,(H,17,20)(H,18,19)/b8-7+. The van der Waals surface area contributed by atoms with Crippen LogP contribution >= 0.6 is 0 Å². The molecule has 0 aliphatic heterocycles. The van der Waals surface area contributed by atoms with E-state index in [1.165, 1.54) is 6.08 Å². The van der Waals surface area contributed by atoms with Gasteiger partial charge >= 0.3 is 0 Å². The van der Waals surface area contributed by atoms with E-state index in [4.69, 9.17) is 5.73 Å². The van der Waals surface area contributed by atoms with Gasteiger partial charge in [0.25, 0.3) is 0 Å². The summed E-state index contributed by atoms with van der Waals surface area (Å²) in [7, 11) is 0. The first kappa shape index (κ1) is 15.8. The maximum absolute atomic E-state index is 11.7. The zero-order chi connectivity index (χ0) is 15.0. The summed E-state index contributed by atoms with van der Waals surface area (Å²) in [6, 6.07) is 6.64. The highest BCUT2D eigenvalue weighted by atomic mass is 16.2. The minimum Gasteiger partial charge on any atom is -0.399 e. The van der Waals surface area contributed by atoms with Crippen LogP contribution in [-0.4, -0.2) is 24.4 Å². The van der Waals surface area contributed by atoms with Crippen molar-refractivity contribution >= 4 is 23.6 Å². The molecule has 1 unspecified atom stereocenters. The third kappa shape index (κ3) is 5.56. The summed E-state index contributed by atoms with van der Waals surface area (Å²) in [4.78, 5) is 23.3. The number of benzene rings is 1. The van der Waals surface area contributed by atoms with Gasteiger partial charge in [0.2, 0.25) is 11.8 Å². The Labute approximate surface area is 119 Å². The van der Waals surface area contributed by atoms with Crippen LogP contribution in [-0.2, 0) is 9.59 Å². The molecule has 0 saturated carbocycles. The van der Waals surface area contributed by atoms with Crippen molar-refractivity contribution in [2.75, 3.05) is 12.3 Å². The van der Waals surface area contributed by atoms with Crippen molar-refractivity contribution in [1.82, 2.24) is 10.6 Å². The Hall–Kier alpha value is -2.30. The molecule has 4 N–H and O–H groups in total. The van der Waals surface area contributed by atoms with Crippen LogP contribution in [0.25, 0.3) is 6.08 Å². The van der Waals surface area contributed by atoms with Gasteiger partial charge in [-0.3, -0.25) is 9.59 Å². The maximum Gasteiger partial charge on any atom is 0.244 e. The maximum atomic E-state index is 11.7. The van der Waals surface area contributed by atoms with Gasteiger partial charge in [0.05, 0.1) is 0 Å². The van der Waals surface area contributed by atoms with Gasteiger partial charge in [-0.15, -0.1) is 0 Å². The summed E-state index contributed by atoms with van der Waals surface area (Å²) in [5.74, 6) is -0.496. The Bertz CT molecular complexity index is 498. The molecule has 1 aromatic carbocycles. The molecule has 0 bridgehead atoms. The lowest BCUT2D eigenvalue weighted by Gasteiger charge is -2.12. The largest absolute Gasteiger partial charge is 0.399 e. The van der Waals surface area contributed by atoms with Gasteiger partial charge in [-0.25, -0.2) is 0 Å². The molecule has 0 spiro atoms. The van der Waals surface area contributed by atoms with E-state index in [-0.39, 0.29) is 11.8 Å². The summed E-state index contributed by atoms with van der Waals surface area (Å²) >= 11 is 0. The number of hydrogen-bond donors (Lipinski definition) is 3. The predicted octanol–water partition coefficient (Wildman–Crippen LogP) is 1.31.